The standard InChI is InChI=1S/C12H30N2O2S/c1-5-13(6-2)9-11-17(15,16)12-10-14(7-3)8-4/h15-16H,5-12H2,1-4H3. The van der Waals surface area contributed by atoms with E-state index in [9.17, 15) is 9.11 Å². The van der Waals surface area contributed by atoms with Crippen LogP contribution in [0, 0.1) is 0 Å². The zero-order valence-electron chi connectivity index (χ0n) is 11.9. The molecule has 0 bridgehead atoms. The van der Waals surface area contributed by atoms with Gasteiger partial charge in [0.1, 0.15) is 0 Å². The molecular weight excluding hydrogens is 236 g/mol. The van der Waals surface area contributed by atoms with Gasteiger partial charge in [0.05, 0.1) is 11.5 Å². The molecular formula is C12H30N2O2S. The Hall–Kier alpha value is 0.190. The first-order chi connectivity index (χ1) is 7.99. The summed E-state index contributed by atoms with van der Waals surface area (Å²) in [6, 6.07) is 0. The first kappa shape index (κ1) is 17.2. The van der Waals surface area contributed by atoms with E-state index in [-0.39, 0.29) is 0 Å². The van der Waals surface area contributed by atoms with Crippen LogP contribution in [0.5, 0.6) is 0 Å². The first-order valence-electron chi connectivity index (χ1n) is 6.67. The molecule has 0 heterocycles. The fraction of sp³-hybridized carbons (Fsp3) is 1.00. The molecule has 0 radical (unpaired) electrons. The van der Waals surface area contributed by atoms with Crippen molar-refractivity contribution >= 4 is 10.6 Å². The first-order valence-corrected chi connectivity index (χ1v) is 8.55. The molecule has 0 spiro atoms. The van der Waals surface area contributed by atoms with Crippen molar-refractivity contribution in [2.75, 3.05) is 50.8 Å². The Morgan fingerprint density at radius 2 is 1.00 bits per heavy atom. The van der Waals surface area contributed by atoms with Gasteiger partial charge in [-0.15, -0.1) is 0 Å². The van der Waals surface area contributed by atoms with Crippen LogP contribution in [0.4, 0.5) is 0 Å². The van der Waals surface area contributed by atoms with Gasteiger partial charge in [-0.2, -0.15) is 10.6 Å². The van der Waals surface area contributed by atoms with Gasteiger partial charge >= 0.3 is 0 Å². The van der Waals surface area contributed by atoms with Crippen molar-refractivity contribution in [3.05, 3.63) is 0 Å². The lowest BCUT2D eigenvalue weighted by molar-refractivity contribution is 0.310. The summed E-state index contributed by atoms with van der Waals surface area (Å²) in [6.07, 6.45) is 0. The van der Waals surface area contributed by atoms with Crippen molar-refractivity contribution in [1.29, 1.82) is 0 Å². The highest BCUT2D eigenvalue weighted by Crippen LogP contribution is 2.37. The zero-order chi connectivity index (χ0) is 13.3. The van der Waals surface area contributed by atoms with E-state index in [0.29, 0.717) is 11.5 Å². The van der Waals surface area contributed by atoms with Gasteiger partial charge in [0.25, 0.3) is 0 Å². The van der Waals surface area contributed by atoms with E-state index >= 15 is 0 Å². The molecule has 0 aliphatic heterocycles. The third-order valence-corrected chi connectivity index (χ3v) is 4.93. The van der Waals surface area contributed by atoms with Crippen LogP contribution < -0.4 is 0 Å². The topological polar surface area (TPSA) is 46.9 Å². The highest BCUT2D eigenvalue weighted by atomic mass is 32.3. The Kier molecular flexibility index (Phi) is 9.27. The maximum Gasteiger partial charge on any atom is 0.0502 e. The van der Waals surface area contributed by atoms with Crippen LogP contribution >= 0.6 is 10.6 Å². The third-order valence-electron chi connectivity index (χ3n) is 3.26. The minimum atomic E-state index is -2.40. The molecule has 0 aromatic rings. The molecule has 0 atom stereocenters. The summed E-state index contributed by atoms with van der Waals surface area (Å²) in [5.74, 6) is 1.02. The van der Waals surface area contributed by atoms with Gasteiger partial charge in [0.2, 0.25) is 0 Å². The highest BCUT2D eigenvalue weighted by molar-refractivity contribution is 8.24. The quantitative estimate of drug-likeness (QED) is 0.637. The molecule has 0 unspecified atom stereocenters. The van der Waals surface area contributed by atoms with E-state index in [1.807, 2.05) is 0 Å². The Morgan fingerprint density at radius 1 is 0.706 bits per heavy atom. The SMILES string of the molecule is CCN(CC)CCS(O)(O)CCN(CC)CC. The minimum absolute atomic E-state index is 0.510. The predicted molar refractivity (Wildman–Crippen MR) is 78.2 cm³/mol. The van der Waals surface area contributed by atoms with Crippen molar-refractivity contribution in [1.82, 2.24) is 9.80 Å². The van der Waals surface area contributed by atoms with Gasteiger partial charge in [-0.1, -0.05) is 27.7 Å². The molecule has 17 heavy (non-hydrogen) atoms. The summed E-state index contributed by atoms with van der Waals surface area (Å²) in [4.78, 5) is 4.46. The lowest BCUT2D eigenvalue weighted by atomic mass is 10.5. The van der Waals surface area contributed by atoms with E-state index in [4.69, 9.17) is 0 Å². The Labute approximate surface area is 108 Å². The summed E-state index contributed by atoms with van der Waals surface area (Å²) in [6.45, 7) is 13.9. The average molecular weight is 266 g/mol. The van der Waals surface area contributed by atoms with E-state index in [1.54, 1.807) is 0 Å². The smallest absolute Gasteiger partial charge is 0.0502 e. The molecule has 0 saturated heterocycles. The molecule has 0 aliphatic carbocycles. The number of rotatable bonds is 10. The molecule has 0 rings (SSSR count). The molecule has 0 amide bonds. The number of nitrogens with zero attached hydrogens (tertiary/aromatic N) is 2. The highest BCUT2D eigenvalue weighted by Gasteiger charge is 2.14. The average Bonchev–Trinajstić information content (AvgIpc) is 2.31. The fourth-order valence-electron chi connectivity index (χ4n) is 1.73. The zero-order valence-corrected chi connectivity index (χ0v) is 12.7. The van der Waals surface area contributed by atoms with Gasteiger partial charge in [-0.05, 0) is 26.2 Å². The molecule has 0 aliphatic rings. The molecule has 0 aromatic heterocycles. The summed E-state index contributed by atoms with van der Waals surface area (Å²) in [5.41, 5.74) is 0. The fourth-order valence-corrected chi connectivity index (χ4v) is 3.04. The minimum Gasteiger partial charge on any atom is -0.302 e. The predicted octanol–water partition coefficient (Wildman–Crippen LogP) is 2.42. The number of hydrogen-bond donors (Lipinski definition) is 2. The van der Waals surface area contributed by atoms with E-state index in [0.717, 1.165) is 39.3 Å². The van der Waals surface area contributed by atoms with Crippen LogP contribution in [0.3, 0.4) is 0 Å². The lowest BCUT2D eigenvalue weighted by Gasteiger charge is -2.35. The van der Waals surface area contributed by atoms with E-state index in [1.165, 1.54) is 0 Å². The van der Waals surface area contributed by atoms with Crippen LogP contribution in [0.25, 0.3) is 0 Å². The van der Waals surface area contributed by atoms with E-state index < -0.39 is 10.6 Å². The van der Waals surface area contributed by atoms with Crippen LogP contribution in [-0.4, -0.2) is 69.7 Å². The molecule has 106 valence electrons. The van der Waals surface area contributed by atoms with Gasteiger partial charge in [-0.3, -0.25) is 9.11 Å². The van der Waals surface area contributed by atoms with Crippen molar-refractivity contribution < 1.29 is 9.11 Å². The van der Waals surface area contributed by atoms with Crippen LogP contribution in [0.2, 0.25) is 0 Å². The summed E-state index contributed by atoms with van der Waals surface area (Å²) in [5, 5.41) is 0. The van der Waals surface area contributed by atoms with Gasteiger partial charge < -0.3 is 9.80 Å². The summed E-state index contributed by atoms with van der Waals surface area (Å²) >= 11 is 0. The maximum absolute atomic E-state index is 9.98. The maximum atomic E-state index is 9.98. The van der Waals surface area contributed by atoms with Gasteiger partial charge in [0.15, 0.2) is 0 Å². The second kappa shape index (κ2) is 9.16. The molecule has 2 N–H and O–H groups in total. The molecule has 0 saturated carbocycles. The second-order valence-corrected chi connectivity index (χ2v) is 6.69. The monoisotopic (exact) mass is 266 g/mol. The summed E-state index contributed by atoms with van der Waals surface area (Å²) < 4.78 is 20.0. The second-order valence-electron chi connectivity index (χ2n) is 4.26. The van der Waals surface area contributed by atoms with Crippen LogP contribution in [0.15, 0.2) is 0 Å². The Morgan fingerprint density at radius 3 is 1.24 bits per heavy atom. The molecule has 5 heteroatoms. The van der Waals surface area contributed by atoms with E-state index in [2.05, 4.69) is 37.5 Å². The van der Waals surface area contributed by atoms with Crippen LogP contribution in [-0.2, 0) is 0 Å². The Balaban J connectivity index is 3.93. The largest absolute Gasteiger partial charge is 0.302 e. The summed E-state index contributed by atoms with van der Waals surface area (Å²) in [7, 11) is -2.40. The van der Waals surface area contributed by atoms with Crippen molar-refractivity contribution in [3.63, 3.8) is 0 Å². The van der Waals surface area contributed by atoms with Crippen molar-refractivity contribution in [2.45, 2.75) is 27.7 Å². The molecule has 0 aromatic carbocycles. The number of hydrogen-bond acceptors (Lipinski definition) is 4. The van der Waals surface area contributed by atoms with Crippen molar-refractivity contribution in [3.8, 4) is 0 Å². The van der Waals surface area contributed by atoms with Crippen LogP contribution in [0.1, 0.15) is 27.7 Å². The van der Waals surface area contributed by atoms with Crippen molar-refractivity contribution in [2.24, 2.45) is 0 Å². The normalized spacial score (nSPS) is 13.6. The third kappa shape index (κ3) is 8.00. The lowest BCUT2D eigenvalue weighted by Crippen LogP contribution is -2.32. The molecule has 0 fully saturated rings. The molecule has 4 nitrogen and oxygen atoms in total. The van der Waals surface area contributed by atoms with Gasteiger partial charge in [-0.25, -0.2) is 0 Å². The van der Waals surface area contributed by atoms with Gasteiger partial charge in [0, 0.05) is 13.1 Å². The Bertz CT molecular complexity index is 165.